The highest BCUT2D eigenvalue weighted by Crippen LogP contribution is 2.16. The van der Waals surface area contributed by atoms with Crippen molar-refractivity contribution < 1.29 is 18.0 Å². The molecule has 4 nitrogen and oxygen atoms in total. The van der Waals surface area contributed by atoms with Crippen LogP contribution in [0.2, 0.25) is 0 Å². The lowest BCUT2D eigenvalue weighted by molar-refractivity contribution is 0.0993. The SMILES string of the molecule is O=C(Cc1ccc(F)c(F)c1)c1ccc2[nH]c(=O)oc2c1. The number of carbonyl (C=O) groups excluding carboxylic acids is 1. The zero-order chi connectivity index (χ0) is 15.0. The van der Waals surface area contributed by atoms with E-state index < -0.39 is 17.4 Å². The summed E-state index contributed by atoms with van der Waals surface area (Å²) in [5.41, 5.74) is 1.46. The molecule has 1 heterocycles. The van der Waals surface area contributed by atoms with Gasteiger partial charge in [-0.25, -0.2) is 13.6 Å². The van der Waals surface area contributed by atoms with Crippen molar-refractivity contribution in [3.05, 3.63) is 69.7 Å². The van der Waals surface area contributed by atoms with E-state index in [1.165, 1.54) is 18.2 Å². The van der Waals surface area contributed by atoms with E-state index in [9.17, 15) is 18.4 Å². The maximum Gasteiger partial charge on any atom is 0.417 e. The van der Waals surface area contributed by atoms with Crippen LogP contribution >= 0.6 is 0 Å². The second kappa shape index (κ2) is 4.97. The number of ketones is 1. The molecule has 0 spiro atoms. The lowest BCUT2D eigenvalue weighted by Gasteiger charge is -2.02. The molecule has 0 aliphatic rings. The molecule has 0 saturated heterocycles. The summed E-state index contributed by atoms with van der Waals surface area (Å²) in [5, 5.41) is 0. The number of nitrogens with one attached hydrogen (secondary N) is 1. The second-order valence-electron chi connectivity index (χ2n) is 4.57. The standard InChI is InChI=1S/C15H9F2NO3/c16-10-3-1-8(5-11(10)17)6-13(19)9-2-4-12-14(7-9)21-15(20)18-12/h1-5,7H,6H2,(H,18,20). The third-order valence-electron chi connectivity index (χ3n) is 3.09. The first-order chi connectivity index (χ1) is 10.0. The predicted octanol–water partition coefficient (Wildman–Crippen LogP) is 2.82. The van der Waals surface area contributed by atoms with Crippen molar-refractivity contribution in [1.82, 2.24) is 4.98 Å². The smallest absolute Gasteiger partial charge is 0.408 e. The number of benzene rings is 2. The molecule has 6 heteroatoms. The Labute approximate surface area is 117 Å². The van der Waals surface area contributed by atoms with Gasteiger partial charge in [-0.2, -0.15) is 0 Å². The van der Waals surface area contributed by atoms with E-state index in [4.69, 9.17) is 4.42 Å². The average Bonchev–Trinajstić information content (AvgIpc) is 2.82. The Balaban J connectivity index is 1.89. The van der Waals surface area contributed by atoms with Crippen LogP contribution < -0.4 is 5.76 Å². The first-order valence-corrected chi connectivity index (χ1v) is 6.13. The fraction of sp³-hybridized carbons (Fsp3) is 0.0667. The van der Waals surface area contributed by atoms with Crippen molar-refractivity contribution in [1.29, 1.82) is 0 Å². The first-order valence-electron chi connectivity index (χ1n) is 6.13. The molecule has 0 aliphatic carbocycles. The molecular weight excluding hydrogens is 280 g/mol. The van der Waals surface area contributed by atoms with Crippen molar-refractivity contribution in [2.75, 3.05) is 0 Å². The molecule has 0 fully saturated rings. The zero-order valence-corrected chi connectivity index (χ0v) is 10.7. The summed E-state index contributed by atoms with van der Waals surface area (Å²) in [6, 6.07) is 7.85. The van der Waals surface area contributed by atoms with Crippen LogP contribution in [0.15, 0.2) is 45.6 Å². The molecule has 0 amide bonds. The fourth-order valence-corrected chi connectivity index (χ4v) is 2.06. The minimum absolute atomic E-state index is 0.0721. The van der Waals surface area contributed by atoms with Gasteiger partial charge in [-0.1, -0.05) is 6.07 Å². The Hall–Kier alpha value is -2.76. The number of oxazole rings is 1. The van der Waals surface area contributed by atoms with E-state index in [2.05, 4.69) is 4.98 Å². The Bertz CT molecular complexity index is 895. The maximum atomic E-state index is 13.1. The number of rotatable bonds is 3. The minimum atomic E-state index is -0.993. The van der Waals surface area contributed by atoms with Gasteiger partial charge in [-0.05, 0) is 35.9 Å². The lowest BCUT2D eigenvalue weighted by Crippen LogP contribution is -2.04. The Morgan fingerprint density at radius 1 is 1.10 bits per heavy atom. The molecule has 3 rings (SSSR count). The average molecular weight is 289 g/mol. The van der Waals surface area contributed by atoms with E-state index in [1.807, 2.05) is 0 Å². The molecule has 2 aromatic carbocycles. The highest BCUT2D eigenvalue weighted by atomic mass is 19.2. The van der Waals surface area contributed by atoms with Gasteiger partial charge in [-0.15, -0.1) is 0 Å². The number of Topliss-reactive ketones (excluding diaryl/α,β-unsaturated/α-hetero) is 1. The molecule has 3 aromatic rings. The number of fused-ring (bicyclic) bond motifs is 1. The van der Waals surface area contributed by atoms with Crippen LogP contribution in [-0.4, -0.2) is 10.8 Å². The zero-order valence-electron chi connectivity index (χ0n) is 10.7. The van der Waals surface area contributed by atoms with E-state index >= 15 is 0 Å². The molecular formula is C15H9F2NO3. The highest BCUT2D eigenvalue weighted by Gasteiger charge is 2.11. The van der Waals surface area contributed by atoms with Crippen LogP contribution in [0, 0.1) is 11.6 Å². The number of H-pyrrole nitrogens is 1. The van der Waals surface area contributed by atoms with Crippen LogP contribution in [0.3, 0.4) is 0 Å². The monoisotopic (exact) mass is 289 g/mol. The van der Waals surface area contributed by atoms with E-state index in [-0.39, 0.29) is 17.8 Å². The van der Waals surface area contributed by atoms with Gasteiger partial charge in [0.05, 0.1) is 5.52 Å². The molecule has 0 atom stereocenters. The molecule has 0 bridgehead atoms. The van der Waals surface area contributed by atoms with Gasteiger partial charge >= 0.3 is 5.76 Å². The number of halogens is 2. The largest absolute Gasteiger partial charge is 0.417 e. The van der Waals surface area contributed by atoms with E-state index in [0.717, 1.165) is 12.1 Å². The molecule has 0 radical (unpaired) electrons. The van der Waals surface area contributed by atoms with Crippen molar-refractivity contribution in [3.63, 3.8) is 0 Å². The summed E-state index contributed by atoms with van der Waals surface area (Å²) < 4.78 is 30.8. The summed E-state index contributed by atoms with van der Waals surface area (Å²) in [7, 11) is 0. The molecule has 106 valence electrons. The summed E-state index contributed by atoms with van der Waals surface area (Å²) in [6.07, 6.45) is -0.0721. The number of hydrogen-bond acceptors (Lipinski definition) is 3. The quantitative estimate of drug-likeness (QED) is 0.754. The van der Waals surface area contributed by atoms with E-state index in [1.54, 1.807) is 6.07 Å². The lowest BCUT2D eigenvalue weighted by atomic mass is 10.0. The van der Waals surface area contributed by atoms with Crippen molar-refractivity contribution in [3.8, 4) is 0 Å². The molecule has 0 unspecified atom stereocenters. The van der Waals surface area contributed by atoms with Gasteiger partial charge in [0.25, 0.3) is 0 Å². The van der Waals surface area contributed by atoms with Crippen LogP contribution in [-0.2, 0) is 6.42 Å². The van der Waals surface area contributed by atoms with Crippen molar-refractivity contribution >= 4 is 16.9 Å². The van der Waals surface area contributed by atoms with Gasteiger partial charge < -0.3 is 4.42 Å². The first kappa shape index (κ1) is 13.2. The molecule has 1 N–H and O–H groups in total. The minimum Gasteiger partial charge on any atom is -0.408 e. The Morgan fingerprint density at radius 3 is 2.67 bits per heavy atom. The van der Waals surface area contributed by atoms with Gasteiger partial charge in [0, 0.05) is 12.0 Å². The van der Waals surface area contributed by atoms with E-state index in [0.29, 0.717) is 16.6 Å². The Kier molecular flexibility index (Phi) is 3.13. The molecule has 0 aliphatic heterocycles. The Morgan fingerprint density at radius 2 is 1.90 bits per heavy atom. The molecule has 0 saturated carbocycles. The highest BCUT2D eigenvalue weighted by molar-refractivity contribution is 5.99. The summed E-state index contributed by atoms with van der Waals surface area (Å²) in [6.45, 7) is 0. The van der Waals surface area contributed by atoms with Gasteiger partial charge in [0.2, 0.25) is 0 Å². The van der Waals surface area contributed by atoms with Gasteiger partial charge in [0.15, 0.2) is 23.0 Å². The maximum absolute atomic E-state index is 13.1. The number of aromatic nitrogens is 1. The van der Waals surface area contributed by atoms with Crippen LogP contribution in [0.4, 0.5) is 8.78 Å². The summed E-state index contributed by atoms with van der Waals surface area (Å²) >= 11 is 0. The third-order valence-corrected chi connectivity index (χ3v) is 3.09. The van der Waals surface area contributed by atoms with Crippen molar-refractivity contribution in [2.45, 2.75) is 6.42 Å². The summed E-state index contributed by atoms with van der Waals surface area (Å²) in [4.78, 5) is 25.6. The topological polar surface area (TPSA) is 63.1 Å². The number of carbonyl (C=O) groups is 1. The third kappa shape index (κ3) is 2.60. The van der Waals surface area contributed by atoms with Crippen LogP contribution in [0.25, 0.3) is 11.1 Å². The fourth-order valence-electron chi connectivity index (χ4n) is 2.06. The van der Waals surface area contributed by atoms with Gasteiger partial charge in [-0.3, -0.25) is 9.78 Å². The van der Waals surface area contributed by atoms with Crippen molar-refractivity contribution in [2.24, 2.45) is 0 Å². The normalized spacial score (nSPS) is 11.0. The van der Waals surface area contributed by atoms with Crippen LogP contribution in [0.5, 0.6) is 0 Å². The summed E-state index contributed by atoms with van der Waals surface area (Å²) in [5.74, 6) is -2.84. The van der Waals surface area contributed by atoms with Gasteiger partial charge in [0.1, 0.15) is 0 Å². The second-order valence-corrected chi connectivity index (χ2v) is 4.57. The molecule has 21 heavy (non-hydrogen) atoms. The number of hydrogen-bond donors (Lipinski definition) is 1. The number of aromatic amines is 1. The molecule has 1 aromatic heterocycles. The van der Waals surface area contributed by atoms with Crippen LogP contribution in [0.1, 0.15) is 15.9 Å². The predicted molar refractivity (Wildman–Crippen MR) is 71.2 cm³/mol.